The third-order valence-electron chi connectivity index (χ3n) is 5.28. The molecule has 1 atom stereocenters. The van der Waals surface area contributed by atoms with Crippen molar-refractivity contribution in [2.24, 2.45) is 0 Å². The van der Waals surface area contributed by atoms with Crippen LogP contribution in [0, 0.1) is 0 Å². The van der Waals surface area contributed by atoms with Gasteiger partial charge in [-0.15, -0.1) is 10.2 Å². The van der Waals surface area contributed by atoms with Crippen molar-refractivity contribution < 1.29 is 9.53 Å². The third kappa shape index (κ3) is 4.49. The van der Waals surface area contributed by atoms with E-state index in [0.717, 1.165) is 31.1 Å². The van der Waals surface area contributed by atoms with Crippen LogP contribution in [0.4, 0.5) is 0 Å². The van der Waals surface area contributed by atoms with E-state index in [-0.39, 0.29) is 11.9 Å². The van der Waals surface area contributed by atoms with Crippen molar-refractivity contribution in [2.45, 2.75) is 11.2 Å². The van der Waals surface area contributed by atoms with E-state index in [2.05, 4.69) is 34.3 Å². The average molecular weight is 424 g/mol. The molecule has 1 aliphatic rings. The molecule has 1 saturated heterocycles. The molecule has 30 heavy (non-hydrogen) atoms. The number of methoxy groups -OCH3 is 1. The number of benzene rings is 2. The number of ether oxygens (including phenoxy) is 1. The second-order valence-corrected chi connectivity index (χ2v) is 8.19. The van der Waals surface area contributed by atoms with Crippen molar-refractivity contribution in [1.82, 2.24) is 24.6 Å². The lowest BCUT2D eigenvalue weighted by atomic mass is 10.0. The number of rotatable bonds is 6. The van der Waals surface area contributed by atoms with E-state index < -0.39 is 0 Å². The Bertz CT molecular complexity index is 977. The summed E-state index contributed by atoms with van der Waals surface area (Å²) in [5.74, 6) is 1.23. The Hall–Kier alpha value is -2.84. The summed E-state index contributed by atoms with van der Waals surface area (Å²) >= 11 is 1.41. The molecule has 7 nitrogen and oxygen atoms in total. The van der Waals surface area contributed by atoms with E-state index in [0.29, 0.717) is 10.9 Å². The first-order chi connectivity index (χ1) is 14.7. The van der Waals surface area contributed by atoms with E-state index in [1.165, 1.54) is 17.3 Å². The fourth-order valence-corrected chi connectivity index (χ4v) is 4.45. The first-order valence-electron chi connectivity index (χ1n) is 9.86. The molecule has 0 aliphatic carbocycles. The quantitative estimate of drug-likeness (QED) is 0.568. The average Bonchev–Trinajstić information content (AvgIpc) is 3.26. The number of nitrogens with zero attached hydrogens (tertiary/aromatic N) is 5. The fourth-order valence-electron chi connectivity index (χ4n) is 3.63. The van der Waals surface area contributed by atoms with Crippen LogP contribution in [0.5, 0.6) is 5.75 Å². The van der Waals surface area contributed by atoms with Gasteiger partial charge in [0.25, 0.3) is 0 Å². The van der Waals surface area contributed by atoms with E-state index in [1.807, 2.05) is 51.9 Å². The maximum Gasteiger partial charge on any atom is 0.233 e. The van der Waals surface area contributed by atoms with Crippen molar-refractivity contribution in [3.05, 3.63) is 66.5 Å². The number of aromatic nitrogens is 3. The molecule has 0 N–H and O–H groups in total. The highest BCUT2D eigenvalue weighted by Crippen LogP contribution is 2.27. The van der Waals surface area contributed by atoms with Crippen molar-refractivity contribution in [2.75, 3.05) is 39.5 Å². The SMILES string of the molecule is COc1ccc(-n2cnnc2SCC(=O)N2CCN(C)CC2c2ccccc2)cc1. The van der Waals surface area contributed by atoms with E-state index in [1.54, 1.807) is 13.4 Å². The summed E-state index contributed by atoms with van der Waals surface area (Å²) in [5, 5.41) is 8.93. The van der Waals surface area contributed by atoms with Crippen LogP contribution in [0.3, 0.4) is 0 Å². The molecular weight excluding hydrogens is 398 g/mol. The molecule has 2 heterocycles. The summed E-state index contributed by atoms with van der Waals surface area (Å²) in [6.07, 6.45) is 1.66. The Balaban J connectivity index is 1.46. The number of thioether (sulfide) groups is 1. The van der Waals surface area contributed by atoms with E-state index in [9.17, 15) is 4.79 Å². The summed E-state index contributed by atoms with van der Waals surface area (Å²) in [4.78, 5) is 17.4. The van der Waals surface area contributed by atoms with Crippen molar-refractivity contribution in [3.63, 3.8) is 0 Å². The number of amides is 1. The predicted molar refractivity (Wildman–Crippen MR) is 117 cm³/mol. The molecule has 156 valence electrons. The highest BCUT2D eigenvalue weighted by atomic mass is 32.2. The van der Waals surface area contributed by atoms with E-state index in [4.69, 9.17) is 4.74 Å². The van der Waals surface area contributed by atoms with Gasteiger partial charge in [-0.3, -0.25) is 9.36 Å². The lowest BCUT2D eigenvalue weighted by Crippen LogP contribution is -2.49. The molecule has 1 amide bonds. The van der Waals surface area contributed by atoms with Gasteiger partial charge in [0.05, 0.1) is 18.9 Å². The molecule has 0 spiro atoms. The van der Waals surface area contributed by atoms with Crippen LogP contribution in [0.1, 0.15) is 11.6 Å². The Morgan fingerprint density at radius 3 is 2.63 bits per heavy atom. The first-order valence-corrected chi connectivity index (χ1v) is 10.8. The molecule has 0 saturated carbocycles. The zero-order valence-corrected chi connectivity index (χ0v) is 18.0. The van der Waals surface area contributed by atoms with Crippen LogP contribution in [0.15, 0.2) is 66.1 Å². The highest BCUT2D eigenvalue weighted by Gasteiger charge is 2.30. The second-order valence-electron chi connectivity index (χ2n) is 7.25. The van der Waals surface area contributed by atoms with Gasteiger partial charge in [-0.05, 0) is 36.9 Å². The normalized spacial score (nSPS) is 17.1. The van der Waals surface area contributed by atoms with Gasteiger partial charge in [0.15, 0.2) is 5.16 Å². The molecule has 1 aromatic heterocycles. The minimum Gasteiger partial charge on any atom is -0.497 e. The maximum absolute atomic E-state index is 13.1. The summed E-state index contributed by atoms with van der Waals surface area (Å²) in [7, 11) is 3.74. The van der Waals surface area contributed by atoms with Gasteiger partial charge in [0, 0.05) is 25.3 Å². The number of carbonyl (C=O) groups excluding carboxylic acids is 1. The zero-order valence-electron chi connectivity index (χ0n) is 17.1. The fraction of sp³-hybridized carbons (Fsp3) is 0.318. The minimum atomic E-state index is 0.0671. The summed E-state index contributed by atoms with van der Waals surface area (Å²) in [5.41, 5.74) is 2.10. The van der Waals surface area contributed by atoms with Gasteiger partial charge in [0.2, 0.25) is 5.91 Å². The lowest BCUT2D eigenvalue weighted by molar-refractivity contribution is -0.133. The van der Waals surface area contributed by atoms with Gasteiger partial charge in [-0.2, -0.15) is 0 Å². The second kappa shape index (κ2) is 9.32. The molecule has 1 unspecified atom stereocenters. The van der Waals surface area contributed by atoms with Crippen LogP contribution < -0.4 is 4.74 Å². The van der Waals surface area contributed by atoms with Gasteiger partial charge < -0.3 is 14.5 Å². The smallest absolute Gasteiger partial charge is 0.233 e. The summed E-state index contributed by atoms with van der Waals surface area (Å²) in [6, 6.07) is 18.0. The van der Waals surface area contributed by atoms with Crippen LogP contribution in [0.2, 0.25) is 0 Å². The van der Waals surface area contributed by atoms with Gasteiger partial charge in [-0.1, -0.05) is 42.1 Å². The number of piperazine rings is 1. The molecule has 0 radical (unpaired) electrons. The summed E-state index contributed by atoms with van der Waals surface area (Å²) in [6.45, 7) is 2.44. The first kappa shape index (κ1) is 20.4. The van der Waals surface area contributed by atoms with Crippen LogP contribution in [-0.2, 0) is 4.79 Å². The highest BCUT2D eigenvalue weighted by molar-refractivity contribution is 7.99. The van der Waals surface area contributed by atoms with Gasteiger partial charge >= 0.3 is 0 Å². The zero-order chi connectivity index (χ0) is 20.9. The molecule has 1 fully saturated rings. The number of likely N-dealkylation sites (N-methyl/N-ethyl adjacent to an activating group) is 1. The van der Waals surface area contributed by atoms with Crippen molar-refractivity contribution in [1.29, 1.82) is 0 Å². The molecule has 4 rings (SSSR count). The van der Waals surface area contributed by atoms with Crippen LogP contribution in [-0.4, -0.2) is 70.0 Å². The molecule has 2 aromatic carbocycles. The Morgan fingerprint density at radius 2 is 1.90 bits per heavy atom. The lowest BCUT2D eigenvalue weighted by Gasteiger charge is -2.40. The molecule has 1 aliphatic heterocycles. The molecule has 3 aromatic rings. The maximum atomic E-state index is 13.1. The van der Waals surface area contributed by atoms with Crippen molar-refractivity contribution >= 4 is 17.7 Å². The van der Waals surface area contributed by atoms with Gasteiger partial charge in [-0.25, -0.2) is 0 Å². The Kier molecular flexibility index (Phi) is 6.35. The van der Waals surface area contributed by atoms with E-state index >= 15 is 0 Å². The van der Waals surface area contributed by atoms with Crippen LogP contribution in [0.25, 0.3) is 5.69 Å². The molecule has 8 heteroatoms. The monoisotopic (exact) mass is 423 g/mol. The van der Waals surface area contributed by atoms with Crippen molar-refractivity contribution in [3.8, 4) is 11.4 Å². The largest absolute Gasteiger partial charge is 0.497 e. The summed E-state index contributed by atoms with van der Waals surface area (Å²) < 4.78 is 7.10. The number of hydrogen-bond acceptors (Lipinski definition) is 6. The third-order valence-corrected chi connectivity index (χ3v) is 6.21. The molecular formula is C22H25N5O2S. The molecule has 0 bridgehead atoms. The Morgan fingerprint density at radius 1 is 1.13 bits per heavy atom. The number of carbonyl (C=O) groups is 1. The van der Waals surface area contributed by atoms with Crippen LogP contribution >= 0.6 is 11.8 Å². The standard InChI is InChI=1S/C22H25N5O2S/c1-25-12-13-26(20(14-25)17-6-4-3-5-7-17)21(28)15-30-22-24-23-16-27(22)18-8-10-19(29-2)11-9-18/h3-11,16,20H,12-15H2,1-2H3. The van der Waals surface area contributed by atoms with Gasteiger partial charge in [0.1, 0.15) is 12.1 Å². The number of hydrogen-bond donors (Lipinski definition) is 0. The predicted octanol–water partition coefficient (Wildman–Crippen LogP) is 2.88. The topological polar surface area (TPSA) is 63.5 Å². The Labute approximate surface area is 180 Å². The minimum absolute atomic E-state index is 0.0671.